The number of para-hydroxylation sites is 1. The number of hydrogen-bond acceptors (Lipinski definition) is 8. The maximum Gasteiger partial charge on any atom is 0.328 e. The third kappa shape index (κ3) is 7.91. The van der Waals surface area contributed by atoms with Gasteiger partial charge in [-0.2, -0.15) is 0 Å². The third-order valence-corrected chi connectivity index (χ3v) is 5.98. The largest absolute Gasteiger partial charge is 0.493 e. The van der Waals surface area contributed by atoms with E-state index in [-0.39, 0.29) is 5.78 Å². The van der Waals surface area contributed by atoms with Crippen molar-refractivity contribution in [3.63, 3.8) is 0 Å². The molecule has 10 nitrogen and oxygen atoms in total. The molecule has 0 amide bonds. The lowest BCUT2D eigenvalue weighted by Gasteiger charge is -2.31. The van der Waals surface area contributed by atoms with Gasteiger partial charge in [-0.3, -0.25) is 9.69 Å². The number of carbonyl (C=O) groups is 3. The van der Waals surface area contributed by atoms with Gasteiger partial charge in [-0.25, -0.2) is 9.59 Å². The zero-order valence-corrected chi connectivity index (χ0v) is 20.8. The molecule has 0 bridgehead atoms. The van der Waals surface area contributed by atoms with Gasteiger partial charge in [-0.05, 0) is 63.2 Å². The van der Waals surface area contributed by atoms with E-state index in [1.54, 1.807) is 32.2 Å². The van der Waals surface area contributed by atoms with E-state index >= 15 is 0 Å². The number of carbonyl (C=O) groups excluding carboxylic acids is 1. The molecule has 0 atom stereocenters. The number of likely N-dealkylation sites (tertiary alicyclic amines) is 1. The number of aromatic nitrogens is 1. The molecule has 0 unspecified atom stereocenters. The lowest BCUT2D eigenvalue weighted by atomic mass is 9.91. The Kier molecular flexibility index (Phi) is 9.79. The number of carboxylic acid groups (broad SMARTS) is 2. The molecule has 196 valence electrons. The molecule has 0 saturated carbocycles. The molecule has 1 aromatic heterocycles. The van der Waals surface area contributed by atoms with E-state index in [4.69, 9.17) is 24.2 Å². The zero-order valence-electron chi connectivity index (χ0n) is 20.8. The van der Waals surface area contributed by atoms with Crippen LogP contribution in [0.25, 0.3) is 11.0 Å². The first-order valence-electron chi connectivity index (χ1n) is 11.8. The molecule has 0 radical (unpaired) electrons. The third-order valence-electron chi connectivity index (χ3n) is 5.98. The van der Waals surface area contributed by atoms with E-state index in [9.17, 15) is 14.4 Å². The first-order chi connectivity index (χ1) is 17.8. The number of aliphatic carboxylic acids is 2. The number of carboxylic acids is 2. The smallest absolute Gasteiger partial charge is 0.328 e. The van der Waals surface area contributed by atoms with Crippen molar-refractivity contribution in [3.8, 4) is 11.5 Å². The Bertz CT molecular complexity index is 1240. The lowest BCUT2D eigenvalue weighted by Crippen LogP contribution is -2.36. The molecule has 2 N–H and O–H groups in total. The second kappa shape index (κ2) is 13.2. The molecule has 0 spiro atoms. The van der Waals surface area contributed by atoms with Crippen LogP contribution in [0, 0.1) is 0 Å². The molecule has 10 heteroatoms. The Morgan fingerprint density at radius 1 is 1.05 bits per heavy atom. The van der Waals surface area contributed by atoms with Gasteiger partial charge in [0.25, 0.3) is 0 Å². The summed E-state index contributed by atoms with van der Waals surface area (Å²) in [6, 6.07) is 13.4. The average Bonchev–Trinajstić information content (AvgIpc) is 3.32. The maximum absolute atomic E-state index is 11.5. The molecule has 1 aliphatic rings. The van der Waals surface area contributed by atoms with Crippen molar-refractivity contribution in [1.29, 1.82) is 0 Å². The van der Waals surface area contributed by atoms with E-state index < -0.39 is 11.9 Å². The molecule has 2 heterocycles. The number of fused-ring (bicyclic) bond motifs is 1. The van der Waals surface area contributed by atoms with E-state index in [0.29, 0.717) is 41.7 Å². The average molecular weight is 511 g/mol. The summed E-state index contributed by atoms with van der Waals surface area (Å²) in [4.78, 5) is 33.0. The van der Waals surface area contributed by atoms with Crippen LogP contribution in [0.5, 0.6) is 11.5 Å². The minimum atomic E-state index is -1.26. The van der Waals surface area contributed by atoms with Crippen LogP contribution < -0.4 is 9.47 Å². The second-order valence-electron chi connectivity index (χ2n) is 8.46. The van der Waals surface area contributed by atoms with Crippen molar-refractivity contribution < 1.29 is 38.6 Å². The molecule has 4 rings (SSSR count). The van der Waals surface area contributed by atoms with Crippen LogP contribution in [-0.4, -0.2) is 71.3 Å². The number of ether oxygens (including phenoxy) is 2. The lowest BCUT2D eigenvalue weighted by molar-refractivity contribution is -0.134. The highest BCUT2D eigenvalue weighted by Gasteiger charge is 2.24. The van der Waals surface area contributed by atoms with Gasteiger partial charge >= 0.3 is 11.9 Å². The molecule has 1 aliphatic heterocycles. The van der Waals surface area contributed by atoms with Crippen LogP contribution in [0.1, 0.15) is 41.7 Å². The number of rotatable bonds is 9. The van der Waals surface area contributed by atoms with Gasteiger partial charge in [0.15, 0.2) is 22.9 Å². The Morgan fingerprint density at radius 3 is 2.35 bits per heavy atom. The van der Waals surface area contributed by atoms with Crippen molar-refractivity contribution in [1.82, 2.24) is 10.1 Å². The summed E-state index contributed by atoms with van der Waals surface area (Å²) in [7, 11) is 1.59. The topological polar surface area (TPSA) is 139 Å². The van der Waals surface area contributed by atoms with E-state index in [1.807, 2.05) is 18.2 Å². The first-order valence-corrected chi connectivity index (χ1v) is 11.8. The fourth-order valence-electron chi connectivity index (χ4n) is 4.06. The van der Waals surface area contributed by atoms with Crippen molar-refractivity contribution in [2.45, 2.75) is 25.7 Å². The number of benzene rings is 2. The number of hydrogen-bond donors (Lipinski definition) is 2. The predicted octanol–water partition coefficient (Wildman–Crippen LogP) is 4.01. The van der Waals surface area contributed by atoms with Gasteiger partial charge in [0, 0.05) is 35.6 Å². The van der Waals surface area contributed by atoms with E-state index in [1.165, 1.54) is 0 Å². The molecule has 1 saturated heterocycles. The predicted molar refractivity (Wildman–Crippen MR) is 135 cm³/mol. The summed E-state index contributed by atoms with van der Waals surface area (Å²) in [5, 5.41) is 21.1. The summed E-state index contributed by atoms with van der Waals surface area (Å²) in [6.07, 6.45) is 3.24. The minimum Gasteiger partial charge on any atom is -0.493 e. The fourth-order valence-corrected chi connectivity index (χ4v) is 4.06. The van der Waals surface area contributed by atoms with Crippen molar-refractivity contribution >= 4 is 28.7 Å². The number of Topliss-reactive ketones (excluding diaryl/α,β-unsaturated/α-hetero) is 1. The molecular weight excluding hydrogens is 480 g/mol. The molecule has 37 heavy (non-hydrogen) atoms. The number of piperidine rings is 1. The van der Waals surface area contributed by atoms with Crippen molar-refractivity contribution in [2.24, 2.45) is 0 Å². The molecule has 3 aromatic rings. The number of nitrogens with zero attached hydrogens (tertiary/aromatic N) is 2. The van der Waals surface area contributed by atoms with Crippen LogP contribution >= 0.6 is 0 Å². The Morgan fingerprint density at radius 2 is 1.73 bits per heavy atom. The summed E-state index contributed by atoms with van der Waals surface area (Å²) in [6.45, 7) is 4.99. The van der Waals surface area contributed by atoms with Gasteiger partial charge in [0.2, 0.25) is 0 Å². The van der Waals surface area contributed by atoms with E-state index in [2.05, 4.69) is 16.1 Å². The highest BCUT2D eigenvalue weighted by Crippen LogP contribution is 2.32. The summed E-state index contributed by atoms with van der Waals surface area (Å²) >= 11 is 0. The number of methoxy groups -OCH3 is 1. The van der Waals surface area contributed by atoms with Crippen molar-refractivity contribution in [3.05, 3.63) is 65.9 Å². The zero-order chi connectivity index (χ0) is 26.8. The van der Waals surface area contributed by atoms with Gasteiger partial charge in [0.1, 0.15) is 6.61 Å². The summed E-state index contributed by atoms with van der Waals surface area (Å²) in [5.41, 5.74) is 2.58. The van der Waals surface area contributed by atoms with Gasteiger partial charge < -0.3 is 24.2 Å². The Balaban J connectivity index is 0.000000414. The van der Waals surface area contributed by atoms with Crippen LogP contribution in [0.2, 0.25) is 0 Å². The van der Waals surface area contributed by atoms with E-state index in [0.717, 1.165) is 49.1 Å². The van der Waals surface area contributed by atoms with Gasteiger partial charge in [0.05, 0.1) is 12.8 Å². The number of ketones is 1. The fraction of sp³-hybridized carbons (Fsp3) is 0.333. The standard InChI is InChI=1S/C23H26N2O4.C4H4O4/c1-16(26)18-7-8-21(22(15-18)27-2)28-14-13-25-11-9-17(10-12-25)23-19-5-3-4-6-20(19)29-24-23;5-3(6)1-2-4(7)8/h3-8,15,17H,9-14H2,1-2H3;1-2H,(H,5,6)(H,7,8). The van der Waals surface area contributed by atoms with Crippen LogP contribution in [0.3, 0.4) is 0 Å². The van der Waals surface area contributed by atoms with Gasteiger partial charge in [-0.15, -0.1) is 0 Å². The Labute approximate surface area is 214 Å². The van der Waals surface area contributed by atoms with Crippen molar-refractivity contribution in [2.75, 3.05) is 33.4 Å². The SMILES string of the molecule is COc1cc(C(C)=O)ccc1OCCN1CCC(c2noc3ccccc23)CC1.O=C(O)C=CC(=O)O. The second-order valence-corrected chi connectivity index (χ2v) is 8.46. The molecule has 0 aliphatic carbocycles. The monoisotopic (exact) mass is 510 g/mol. The highest BCUT2D eigenvalue weighted by molar-refractivity contribution is 5.94. The molecule has 2 aromatic carbocycles. The first kappa shape index (κ1) is 27.4. The van der Waals surface area contributed by atoms with Gasteiger partial charge in [-0.1, -0.05) is 17.3 Å². The van der Waals surface area contributed by atoms with Crippen LogP contribution in [0.4, 0.5) is 0 Å². The molecular formula is C27H30N2O8. The normalized spacial score (nSPS) is 14.2. The Hall–Kier alpha value is -4.18. The summed E-state index contributed by atoms with van der Waals surface area (Å²) < 4.78 is 16.8. The van der Waals surface area contributed by atoms with Crippen LogP contribution in [-0.2, 0) is 9.59 Å². The quantitative estimate of drug-likeness (QED) is 0.320. The maximum atomic E-state index is 11.5. The summed E-state index contributed by atoms with van der Waals surface area (Å²) in [5.74, 6) is -0.803. The van der Waals surface area contributed by atoms with Crippen LogP contribution in [0.15, 0.2) is 59.1 Å². The highest BCUT2D eigenvalue weighted by atomic mass is 16.5. The molecule has 1 fully saturated rings. The minimum absolute atomic E-state index is 0.0117.